The first-order chi connectivity index (χ1) is 16.0. The molecule has 7 heteroatoms. The number of hydrogen-bond acceptors (Lipinski definition) is 6. The van der Waals surface area contributed by atoms with Crippen LogP contribution in [0.15, 0.2) is 75.9 Å². The molecular weight excluding hydrogens is 434 g/mol. The van der Waals surface area contributed by atoms with E-state index in [1.165, 1.54) is 18.2 Å². The zero-order chi connectivity index (χ0) is 24.6. The number of rotatable bonds is 4. The number of carbonyl (C=O) groups excluding carboxylic acids is 1. The molecule has 0 aliphatic carbocycles. The topological polar surface area (TPSA) is 99.7 Å². The molecule has 0 spiro atoms. The lowest BCUT2D eigenvalue weighted by Gasteiger charge is -2.19. The van der Waals surface area contributed by atoms with Gasteiger partial charge in [0.15, 0.2) is 5.76 Å². The van der Waals surface area contributed by atoms with Crippen molar-refractivity contribution < 1.29 is 18.9 Å². The molecule has 0 unspecified atom stereocenters. The molecule has 0 saturated carbocycles. The highest BCUT2D eigenvalue weighted by Crippen LogP contribution is 2.33. The van der Waals surface area contributed by atoms with Crippen LogP contribution in [0.25, 0.3) is 22.3 Å². The van der Waals surface area contributed by atoms with Gasteiger partial charge in [-0.3, -0.25) is 14.9 Å². The van der Waals surface area contributed by atoms with E-state index in [1.54, 1.807) is 12.1 Å². The van der Waals surface area contributed by atoms with Crippen molar-refractivity contribution in [2.75, 3.05) is 0 Å². The number of nitro groups is 1. The third kappa shape index (κ3) is 4.45. The van der Waals surface area contributed by atoms with Crippen LogP contribution < -0.4 is 10.2 Å². The number of hydrogen-bond donors (Lipinski definition) is 0. The van der Waals surface area contributed by atoms with Gasteiger partial charge in [0.25, 0.3) is 5.69 Å². The van der Waals surface area contributed by atoms with Gasteiger partial charge >= 0.3 is 5.97 Å². The predicted molar refractivity (Wildman–Crippen MR) is 129 cm³/mol. The third-order valence-corrected chi connectivity index (χ3v) is 5.50. The summed E-state index contributed by atoms with van der Waals surface area (Å²) in [4.78, 5) is 36.8. The molecule has 0 aliphatic heterocycles. The molecule has 1 heterocycles. The summed E-state index contributed by atoms with van der Waals surface area (Å²) in [6.45, 7) is 8.11. The summed E-state index contributed by atoms with van der Waals surface area (Å²) < 4.78 is 11.6. The zero-order valence-corrected chi connectivity index (χ0v) is 19.2. The Labute approximate surface area is 195 Å². The number of carbonyl (C=O) groups is 1. The molecule has 172 valence electrons. The Morgan fingerprint density at radius 3 is 2.35 bits per heavy atom. The molecule has 1 aromatic heterocycles. The van der Waals surface area contributed by atoms with E-state index >= 15 is 0 Å². The number of nitrogens with zero attached hydrogens (tertiary/aromatic N) is 1. The Bertz CT molecular complexity index is 1480. The molecule has 7 nitrogen and oxygen atoms in total. The van der Waals surface area contributed by atoms with Gasteiger partial charge in [-0.05, 0) is 36.1 Å². The number of fused-ring (bicyclic) bond motifs is 1. The maximum atomic E-state index is 13.4. The molecule has 0 N–H and O–H groups in total. The van der Waals surface area contributed by atoms with Gasteiger partial charge in [-0.1, -0.05) is 62.7 Å². The van der Waals surface area contributed by atoms with Crippen LogP contribution in [0.3, 0.4) is 0 Å². The van der Waals surface area contributed by atoms with Crippen molar-refractivity contribution in [3.63, 3.8) is 0 Å². The smallest absolute Gasteiger partial charge is 0.344 e. The predicted octanol–water partition coefficient (Wildman–Crippen LogP) is 6.19. The Morgan fingerprint density at radius 1 is 1.00 bits per heavy atom. The molecule has 0 atom stereocenters. The van der Waals surface area contributed by atoms with Crippen molar-refractivity contribution in [2.24, 2.45) is 0 Å². The summed E-state index contributed by atoms with van der Waals surface area (Å²) in [6.07, 6.45) is 0. The SMILES string of the molecule is Cc1ccc2oc(-c3ccc(C(C)(C)C)cc3)c(OC(=O)c3cccc([N+](=O)[O-])c3)c(=O)c2c1. The largest absolute Gasteiger partial charge is 0.452 e. The van der Waals surface area contributed by atoms with Crippen LogP contribution >= 0.6 is 0 Å². The molecule has 0 aliphatic rings. The van der Waals surface area contributed by atoms with Crippen molar-refractivity contribution in [1.29, 1.82) is 0 Å². The van der Waals surface area contributed by atoms with Crippen molar-refractivity contribution in [3.8, 4) is 17.1 Å². The van der Waals surface area contributed by atoms with Crippen LogP contribution in [0, 0.1) is 17.0 Å². The standard InChI is InChI=1S/C27H23NO6/c1-16-8-13-22-21(14-16)23(29)25(34-26(30)18-6-5-7-20(15-18)28(31)32)24(33-22)17-9-11-19(12-10-17)27(2,3)4/h5-15H,1-4H3. The first-order valence-corrected chi connectivity index (χ1v) is 10.7. The average Bonchev–Trinajstić information content (AvgIpc) is 2.80. The third-order valence-electron chi connectivity index (χ3n) is 5.50. The first-order valence-electron chi connectivity index (χ1n) is 10.7. The lowest BCUT2D eigenvalue weighted by molar-refractivity contribution is -0.384. The summed E-state index contributed by atoms with van der Waals surface area (Å²) in [6, 6.07) is 17.8. The molecule has 4 aromatic rings. The molecule has 4 rings (SSSR count). The van der Waals surface area contributed by atoms with Crippen molar-refractivity contribution in [3.05, 3.63) is 104 Å². The minimum Gasteiger partial charge on any atom is -0.452 e. The summed E-state index contributed by atoms with van der Waals surface area (Å²) in [5, 5.41) is 11.4. The summed E-state index contributed by atoms with van der Waals surface area (Å²) in [5.74, 6) is -1.05. The normalized spacial score (nSPS) is 11.4. The highest BCUT2D eigenvalue weighted by Gasteiger charge is 2.23. The van der Waals surface area contributed by atoms with Crippen molar-refractivity contribution in [2.45, 2.75) is 33.1 Å². The van der Waals surface area contributed by atoms with Gasteiger partial charge in [-0.25, -0.2) is 4.79 Å². The maximum Gasteiger partial charge on any atom is 0.344 e. The van der Waals surface area contributed by atoms with Crippen LogP contribution in [-0.4, -0.2) is 10.9 Å². The second-order valence-electron chi connectivity index (χ2n) is 9.11. The van der Waals surface area contributed by atoms with Gasteiger partial charge in [-0.2, -0.15) is 0 Å². The van der Waals surface area contributed by atoms with Crippen molar-refractivity contribution >= 4 is 22.6 Å². The van der Waals surface area contributed by atoms with E-state index in [0.29, 0.717) is 11.1 Å². The van der Waals surface area contributed by atoms with E-state index in [-0.39, 0.29) is 33.6 Å². The number of benzene rings is 3. The molecule has 0 fully saturated rings. The molecule has 3 aromatic carbocycles. The molecule has 0 bridgehead atoms. The van der Waals surface area contributed by atoms with Gasteiger partial charge in [0, 0.05) is 17.7 Å². The van der Waals surface area contributed by atoms with Crippen LogP contribution in [0.5, 0.6) is 5.75 Å². The van der Waals surface area contributed by atoms with E-state index < -0.39 is 16.3 Å². The average molecular weight is 457 g/mol. The van der Waals surface area contributed by atoms with E-state index in [1.807, 2.05) is 37.3 Å². The van der Waals surface area contributed by atoms with Crippen LogP contribution in [0.1, 0.15) is 42.3 Å². The quantitative estimate of drug-likeness (QED) is 0.206. The minimum atomic E-state index is -0.893. The number of esters is 1. The summed E-state index contributed by atoms with van der Waals surface area (Å²) in [5.41, 5.74) is 1.98. The molecule has 0 radical (unpaired) electrons. The van der Waals surface area contributed by atoms with Crippen LogP contribution in [0.2, 0.25) is 0 Å². The second-order valence-corrected chi connectivity index (χ2v) is 9.11. The Kier molecular flexibility index (Phi) is 5.79. The Morgan fingerprint density at radius 2 is 1.71 bits per heavy atom. The number of nitro benzene ring substituents is 1. The van der Waals surface area contributed by atoms with Gasteiger partial charge in [0.2, 0.25) is 11.2 Å². The van der Waals surface area contributed by atoms with Gasteiger partial charge < -0.3 is 9.15 Å². The number of non-ortho nitro benzene ring substituents is 1. The highest BCUT2D eigenvalue weighted by atomic mass is 16.6. The molecular formula is C27H23NO6. The van der Waals surface area contributed by atoms with Gasteiger partial charge in [0.1, 0.15) is 5.58 Å². The fraction of sp³-hybridized carbons (Fsp3) is 0.185. The number of aryl methyl sites for hydroxylation is 1. The van der Waals surface area contributed by atoms with Crippen LogP contribution in [-0.2, 0) is 5.41 Å². The van der Waals surface area contributed by atoms with E-state index in [2.05, 4.69) is 20.8 Å². The maximum absolute atomic E-state index is 13.4. The van der Waals surface area contributed by atoms with E-state index in [9.17, 15) is 19.7 Å². The molecule has 0 amide bonds. The molecule has 0 saturated heterocycles. The second kappa shape index (κ2) is 8.59. The first kappa shape index (κ1) is 22.9. The lowest BCUT2D eigenvalue weighted by atomic mass is 9.86. The summed E-state index contributed by atoms with van der Waals surface area (Å²) >= 11 is 0. The van der Waals surface area contributed by atoms with Crippen molar-refractivity contribution in [1.82, 2.24) is 0 Å². The Balaban J connectivity index is 1.86. The monoisotopic (exact) mass is 457 g/mol. The fourth-order valence-corrected chi connectivity index (χ4v) is 3.59. The van der Waals surface area contributed by atoms with Gasteiger partial charge in [0.05, 0.1) is 15.9 Å². The molecule has 34 heavy (non-hydrogen) atoms. The lowest BCUT2D eigenvalue weighted by Crippen LogP contribution is -2.16. The zero-order valence-electron chi connectivity index (χ0n) is 19.2. The van der Waals surface area contributed by atoms with E-state index in [0.717, 1.165) is 17.2 Å². The van der Waals surface area contributed by atoms with E-state index in [4.69, 9.17) is 9.15 Å². The van der Waals surface area contributed by atoms with Gasteiger partial charge in [-0.15, -0.1) is 0 Å². The minimum absolute atomic E-state index is 0.0491. The Hall–Kier alpha value is -4.26. The summed E-state index contributed by atoms with van der Waals surface area (Å²) in [7, 11) is 0. The van der Waals surface area contributed by atoms with Crippen LogP contribution in [0.4, 0.5) is 5.69 Å². The highest BCUT2D eigenvalue weighted by molar-refractivity contribution is 5.93. The fourth-order valence-electron chi connectivity index (χ4n) is 3.59. The number of ether oxygens (including phenoxy) is 1.